The van der Waals surface area contributed by atoms with Crippen LogP contribution in [0.3, 0.4) is 0 Å². The van der Waals surface area contributed by atoms with E-state index in [1.54, 1.807) is 0 Å². The molecular weight excluding hydrogens is 1040 g/mol. The van der Waals surface area contributed by atoms with Crippen LogP contribution in [0.15, 0.2) is 207 Å². The third-order valence-electron chi connectivity index (χ3n) is 13.4. The summed E-state index contributed by atoms with van der Waals surface area (Å²) in [6.45, 7) is 6.67. The van der Waals surface area contributed by atoms with E-state index in [0.29, 0.717) is 11.5 Å². The zero-order valence-electron chi connectivity index (χ0n) is 38.6. The van der Waals surface area contributed by atoms with Crippen molar-refractivity contribution >= 4 is 32.8 Å². The van der Waals surface area contributed by atoms with Gasteiger partial charge >= 0.3 is 0 Å². The molecule has 0 spiro atoms. The van der Waals surface area contributed by atoms with E-state index in [4.69, 9.17) is 14.7 Å². The molecule has 338 valence electrons. The predicted molar refractivity (Wildman–Crippen MR) is 277 cm³/mol. The maximum Gasteiger partial charge on any atom is 0.268 e. The first kappa shape index (κ1) is 43.1. The van der Waals surface area contributed by atoms with Gasteiger partial charge in [-0.15, -0.1) is 29.7 Å². The Balaban J connectivity index is 0.00000505. The van der Waals surface area contributed by atoms with Gasteiger partial charge < -0.3 is 13.9 Å². The molecule has 0 atom stereocenters. The fourth-order valence-electron chi connectivity index (χ4n) is 10.2. The Morgan fingerprint density at radius 3 is 1.91 bits per heavy atom. The van der Waals surface area contributed by atoms with Gasteiger partial charge in [-0.3, -0.25) is 9.55 Å². The maximum absolute atomic E-state index is 6.71. The Labute approximate surface area is 421 Å². The molecular formula is C63H43N5OPt-2. The Kier molecular flexibility index (Phi) is 10.5. The molecule has 1 aliphatic rings. The minimum absolute atomic E-state index is 0. The molecule has 0 unspecified atom stereocenters. The zero-order valence-corrected chi connectivity index (χ0v) is 40.9. The summed E-state index contributed by atoms with van der Waals surface area (Å²) in [7, 11) is 0. The number of ether oxygens (including phenoxy) is 1. The summed E-state index contributed by atoms with van der Waals surface area (Å²) in [4.78, 5) is 10.3. The van der Waals surface area contributed by atoms with E-state index in [1.165, 1.54) is 16.7 Å². The van der Waals surface area contributed by atoms with Gasteiger partial charge in [-0.05, 0) is 73.6 Å². The molecule has 0 aliphatic heterocycles. The summed E-state index contributed by atoms with van der Waals surface area (Å²) in [6, 6.07) is 75.2. The number of benzene rings is 8. The van der Waals surface area contributed by atoms with Crippen LogP contribution in [0.5, 0.6) is 11.5 Å². The Bertz CT molecular complexity index is 3990. The van der Waals surface area contributed by atoms with Crippen LogP contribution in [0.25, 0.3) is 106 Å². The molecule has 0 radical (unpaired) electrons. The zero-order chi connectivity index (χ0) is 46.2. The van der Waals surface area contributed by atoms with E-state index in [-0.39, 0.29) is 26.5 Å². The van der Waals surface area contributed by atoms with Crippen LogP contribution in [0.1, 0.15) is 26.3 Å². The van der Waals surface area contributed by atoms with Crippen LogP contribution < -0.4 is 9.30 Å². The van der Waals surface area contributed by atoms with Crippen LogP contribution in [0.4, 0.5) is 0 Å². The van der Waals surface area contributed by atoms with E-state index < -0.39 is 0 Å². The van der Waals surface area contributed by atoms with Gasteiger partial charge in [-0.25, -0.2) is 4.98 Å². The fourth-order valence-corrected chi connectivity index (χ4v) is 10.2. The van der Waals surface area contributed by atoms with Crippen molar-refractivity contribution in [2.45, 2.75) is 26.2 Å². The molecule has 1 aliphatic carbocycles. The van der Waals surface area contributed by atoms with Gasteiger partial charge in [-0.2, -0.15) is 18.2 Å². The summed E-state index contributed by atoms with van der Waals surface area (Å²) in [5.41, 5.74) is 17.6. The van der Waals surface area contributed by atoms with E-state index in [1.807, 2.05) is 30.6 Å². The molecule has 6 nitrogen and oxygen atoms in total. The largest absolute Gasteiger partial charge is 0.510 e. The van der Waals surface area contributed by atoms with Crippen molar-refractivity contribution < 1.29 is 30.4 Å². The number of para-hydroxylation sites is 3. The summed E-state index contributed by atoms with van der Waals surface area (Å²) in [6.07, 6.45) is 7.80. The Hall–Kier alpha value is -8.18. The molecule has 0 amide bonds. The third kappa shape index (κ3) is 7.09. The van der Waals surface area contributed by atoms with Crippen molar-refractivity contribution in [1.82, 2.24) is 19.1 Å². The van der Waals surface area contributed by atoms with Gasteiger partial charge in [0.05, 0.1) is 22.4 Å². The van der Waals surface area contributed by atoms with Gasteiger partial charge in [0.25, 0.3) is 6.33 Å². The third-order valence-corrected chi connectivity index (χ3v) is 13.4. The summed E-state index contributed by atoms with van der Waals surface area (Å²) in [5.74, 6) is 1.97. The Morgan fingerprint density at radius 1 is 0.529 bits per heavy atom. The number of rotatable bonds is 6. The number of hydrogen-bond donors (Lipinski definition) is 0. The van der Waals surface area contributed by atoms with Crippen LogP contribution in [-0.2, 0) is 26.5 Å². The molecule has 0 N–H and O–H groups in total. The van der Waals surface area contributed by atoms with Gasteiger partial charge in [0, 0.05) is 67.2 Å². The first-order chi connectivity index (χ1) is 33.9. The van der Waals surface area contributed by atoms with Crippen LogP contribution in [-0.4, -0.2) is 19.1 Å². The number of hydrogen-bond acceptors (Lipinski definition) is 3. The van der Waals surface area contributed by atoms with Crippen molar-refractivity contribution in [2.75, 3.05) is 0 Å². The summed E-state index contributed by atoms with van der Waals surface area (Å²) in [5, 5.41) is 2.20. The number of imidazole rings is 1. The molecule has 8 aromatic carbocycles. The van der Waals surface area contributed by atoms with Crippen molar-refractivity contribution in [3.05, 3.63) is 231 Å². The number of pyridine rings is 2. The van der Waals surface area contributed by atoms with E-state index in [2.05, 4.69) is 229 Å². The molecule has 12 aromatic rings. The normalized spacial score (nSPS) is 11.8. The molecule has 7 heteroatoms. The second-order valence-corrected chi connectivity index (χ2v) is 18.6. The van der Waals surface area contributed by atoms with E-state index in [9.17, 15) is 0 Å². The molecule has 13 rings (SSSR count). The predicted octanol–water partition coefficient (Wildman–Crippen LogP) is 14.9. The van der Waals surface area contributed by atoms with Crippen molar-refractivity contribution in [1.29, 1.82) is 0 Å². The molecule has 0 saturated carbocycles. The summed E-state index contributed by atoms with van der Waals surface area (Å²) >= 11 is 0. The second kappa shape index (κ2) is 17.1. The SMILES string of the molecule is CC(C)(C)c1ccnc(-n2c3[c-]c(Oc4[c-]c(-n5[c-][n+](-c6c(-c7ccccc7)cnc7c6-c6ccccc6-c6ccccc6-c6ccccc6-7)c6ccccc65)ccc4)ccc3c3ccccc32)c1.[Pt]. The van der Waals surface area contributed by atoms with Crippen molar-refractivity contribution in [3.63, 3.8) is 0 Å². The van der Waals surface area contributed by atoms with Crippen LogP contribution >= 0.6 is 0 Å². The minimum Gasteiger partial charge on any atom is -0.510 e. The van der Waals surface area contributed by atoms with Gasteiger partial charge in [0.2, 0.25) is 0 Å². The molecule has 70 heavy (non-hydrogen) atoms. The summed E-state index contributed by atoms with van der Waals surface area (Å²) < 4.78 is 13.2. The first-order valence-corrected chi connectivity index (χ1v) is 23.3. The topological polar surface area (TPSA) is 48.8 Å². The second-order valence-electron chi connectivity index (χ2n) is 18.6. The number of fused-ring (bicyclic) bond motifs is 12. The smallest absolute Gasteiger partial charge is 0.268 e. The Morgan fingerprint density at radius 2 is 1.16 bits per heavy atom. The van der Waals surface area contributed by atoms with E-state index in [0.717, 1.165) is 94.7 Å². The van der Waals surface area contributed by atoms with Gasteiger partial charge in [0.15, 0.2) is 0 Å². The first-order valence-electron chi connectivity index (χ1n) is 23.3. The molecule has 4 heterocycles. The number of nitrogens with zero attached hydrogens (tertiary/aromatic N) is 5. The van der Waals surface area contributed by atoms with Crippen molar-refractivity contribution in [3.8, 4) is 84.5 Å². The average molecular weight is 1080 g/mol. The number of aromatic nitrogens is 5. The maximum atomic E-state index is 6.71. The van der Waals surface area contributed by atoms with Gasteiger partial charge in [-0.1, -0.05) is 172 Å². The van der Waals surface area contributed by atoms with Crippen LogP contribution in [0, 0.1) is 18.5 Å². The fraction of sp³-hybridized carbons (Fsp3) is 0.0635. The van der Waals surface area contributed by atoms with Crippen molar-refractivity contribution in [2.24, 2.45) is 0 Å². The van der Waals surface area contributed by atoms with Crippen LogP contribution in [0.2, 0.25) is 0 Å². The minimum atomic E-state index is -0.0394. The van der Waals surface area contributed by atoms with Gasteiger partial charge in [0.1, 0.15) is 5.82 Å². The molecule has 4 aromatic heterocycles. The standard InChI is InChI=1S/C63H43N5O.Pt/c1-63(2,3)42-34-35-64-59(36-42)68-55-29-14-13-26-50(55)51-33-32-45(38-58(51)68)69-44-21-17-20-43(37-44)66-40-67(57-31-16-15-30-56(57)66)62-54(41-18-5-4-6-19-41)39-65-61-53-28-12-10-25-49(53)47-23-8-7-22-46(47)48-24-9-11-27-52(48)60(61)62;/h4-36,39H,1-3H3;/q-2;. The van der Waals surface area contributed by atoms with E-state index >= 15 is 0 Å². The average Bonchev–Trinajstić information content (AvgIpc) is 3.94. The molecule has 0 bridgehead atoms. The monoisotopic (exact) mass is 1080 g/mol. The quantitative estimate of drug-likeness (QED) is 0.123. The molecule has 0 saturated heterocycles. The molecule has 0 fully saturated rings.